The van der Waals surface area contributed by atoms with Gasteiger partial charge >= 0.3 is 6.03 Å². The molecule has 0 spiro atoms. The topological polar surface area (TPSA) is 122 Å². The van der Waals surface area contributed by atoms with Gasteiger partial charge in [0.05, 0.1) is 10.6 Å². The van der Waals surface area contributed by atoms with E-state index in [-0.39, 0.29) is 5.41 Å². The number of hydrogen-bond acceptors (Lipinski definition) is 5. The summed E-state index contributed by atoms with van der Waals surface area (Å²) >= 11 is 0. The number of non-ortho nitro benzene ring substituents is 1. The Labute approximate surface area is 183 Å². The van der Waals surface area contributed by atoms with E-state index in [1.807, 2.05) is 12.1 Å². The number of halogens is 1. The molecular weight excluding hydrogens is 419 g/mol. The number of urea groups is 1. The number of nitrogens with one attached hydrogen (secondary N) is 2. The van der Waals surface area contributed by atoms with Crippen molar-refractivity contribution >= 4 is 29.2 Å². The predicted molar refractivity (Wildman–Crippen MR) is 114 cm³/mol. The molecule has 1 aliphatic heterocycles. The number of nitro groups is 1. The average Bonchev–Trinajstić information content (AvgIpc) is 2.93. The average molecular weight is 442 g/mol. The van der Waals surface area contributed by atoms with E-state index >= 15 is 0 Å². The fraction of sp³-hybridized carbons (Fsp3) is 0.318. The van der Waals surface area contributed by atoms with Crippen LogP contribution in [0.2, 0.25) is 0 Å². The van der Waals surface area contributed by atoms with Crippen molar-refractivity contribution in [3.8, 4) is 0 Å². The van der Waals surface area contributed by atoms with E-state index in [0.29, 0.717) is 5.56 Å². The summed E-state index contributed by atoms with van der Waals surface area (Å²) in [6, 6.07) is 9.15. The summed E-state index contributed by atoms with van der Waals surface area (Å²) in [5.41, 5.74) is -0.688. The van der Waals surface area contributed by atoms with Crippen LogP contribution in [0.15, 0.2) is 42.5 Å². The number of nitro benzene ring substituents is 1. The Morgan fingerprint density at radius 1 is 1.19 bits per heavy atom. The molecule has 1 atom stereocenters. The molecule has 1 aliphatic rings. The Bertz CT molecular complexity index is 1110. The van der Waals surface area contributed by atoms with Crippen LogP contribution in [0, 0.1) is 15.9 Å². The Balaban J connectivity index is 1.77. The lowest BCUT2D eigenvalue weighted by Crippen LogP contribution is -2.42. The summed E-state index contributed by atoms with van der Waals surface area (Å²) in [5.74, 6) is -2.40. The van der Waals surface area contributed by atoms with Crippen molar-refractivity contribution in [1.82, 2.24) is 10.2 Å². The van der Waals surface area contributed by atoms with Gasteiger partial charge in [-0.25, -0.2) is 9.18 Å². The number of imide groups is 1. The van der Waals surface area contributed by atoms with Crippen molar-refractivity contribution in [2.24, 2.45) is 0 Å². The molecule has 4 amide bonds. The van der Waals surface area contributed by atoms with E-state index in [1.165, 1.54) is 6.92 Å². The Morgan fingerprint density at radius 3 is 2.38 bits per heavy atom. The van der Waals surface area contributed by atoms with Crippen molar-refractivity contribution in [3.05, 3.63) is 69.5 Å². The number of amides is 4. The number of carbonyl (C=O) groups excluding carboxylic acids is 3. The zero-order valence-electron chi connectivity index (χ0n) is 18.1. The molecule has 0 saturated carbocycles. The van der Waals surface area contributed by atoms with Crippen LogP contribution in [0.1, 0.15) is 38.8 Å². The maximum atomic E-state index is 13.9. The summed E-state index contributed by atoms with van der Waals surface area (Å²) in [6.45, 7) is 7.02. The molecule has 2 N–H and O–H groups in total. The van der Waals surface area contributed by atoms with Crippen LogP contribution in [0.25, 0.3) is 0 Å². The second-order valence-electron chi connectivity index (χ2n) is 8.74. The molecule has 1 heterocycles. The van der Waals surface area contributed by atoms with Crippen LogP contribution in [-0.2, 0) is 20.5 Å². The normalized spacial score (nSPS) is 18.5. The highest BCUT2D eigenvalue weighted by Crippen LogP contribution is 2.31. The minimum atomic E-state index is -1.37. The Kier molecular flexibility index (Phi) is 5.73. The molecule has 0 radical (unpaired) electrons. The molecule has 1 fully saturated rings. The summed E-state index contributed by atoms with van der Waals surface area (Å²) in [5, 5.41) is 15.6. The van der Waals surface area contributed by atoms with Gasteiger partial charge in [0, 0.05) is 12.1 Å². The van der Waals surface area contributed by atoms with Gasteiger partial charge in [0.2, 0.25) is 5.91 Å². The monoisotopic (exact) mass is 442 g/mol. The Morgan fingerprint density at radius 2 is 1.81 bits per heavy atom. The van der Waals surface area contributed by atoms with Crippen molar-refractivity contribution in [2.45, 2.75) is 38.6 Å². The molecule has 3 rings (SSSR count). The van der Waals surface area contributed by atoms with Crippen LogP contribution in [0.5, 0.6) is 0 Å². The van der Waals surface area contributed by atoms with Gasteiger partial charge in [-0.15, -0.1) is 0 Å². The van der Waals surface area contributed by atoms with Crippen LogP contribution in [-0.4, -0.2) is 34.2 Å². The maximum absolute atomic E-state index is 13.9. The molecule has 0 aliphatic carbocycles. The molecule has 2 aromatic carbocycles. The van der Waals surface area contributed by atoms with Gasteiger partial charge in [-0.3, -0.25) is 24.6 Å². The van der Waals surface area contributed by atoms with Crippen LogP contribution in [0.3, 0.4) is 0 Å². The molecule has 2 aromatic rings. The summed E-state index contributed by atoms with van der Waals surface area (Å²) in [7, 11) is 0. The third-order valence-electron chi connectivity index (χ3n) is 5.34. The van der Waals surface area contributed by atoms with Gasteiger partial charge in [0.1, 0.15) is 17.9 Å². The zero-order chi connectivity index (χ0) is 23.8. The maximum Gasteiger partial charge on any atom is 0.325 e. The Hall–Kier alpha value is -3.82. The summed E-state index contributed by atoms with van der Waals surface area (Å²) in [4.78, 5) is 48.7. The smallest absolute Gasteiger partial charge is 0.322 e. The van der Waals surface area contributed by atoms with Gasteiger partial charge in [0.15, 0.2) is 0 Å². The third-order valence-corrected chi connectivity index (χ3v) is 5.34. The third kappa shape index (κ3) is 4.29. The van der Waals surface area contributed by atoms with Gasteiger partial charge in [-0.2, -0.15) is 0 Å². The minimum absolute atomic E-state index is 0.0890. The van der Waals surface area contributed by atoms with Gasteiger partial charge in [-0.05, 0) is 29.5 Å². The summed E-state index contributed by atoms with van der Waals surface area (Å²) in [6.07, 6.45) is 0. The molecule has 1 saturated heterocycles. The minimum Gasteiger partial charge on any atom is -0.322 e. The molecule has 1 unspecified atom stereocenters. The molecular formula is C22H23FN4O5. The first-order valence-electron chi connectivity index (χ1n) is 9.82. The van der Waals surface area contributed by atoms with E-state index in [0.717, 1.165) is 28.7 Å². The molecule has 32 heavy (non-hydrogen) atoms. The first kappa shape index (κ1) is 22.9. The highest BCUT2D eigenvalue weighted by Gasteiger charge is 2.49. The van der Waals surface area contributed by atoms with Crippen LogP contribution >= 0.6 is 0 Å². The standard InChI is InChI=1S/C22H23FN4O5/c1-21(2,3)13-5-7-14(8-6-13)22(4)19(29)26(20(30)25-22)12-18(28)24-17-11-15(27(31)32)9-10-16(17)23/h5-11H,12H2,1-4H3,(H,24,28)(H,25,30). The first-order valence-corrected chi connectivity index (χ1v) is 9.82. The van der Waals surface area contributed by atoms with Crippen molar-refractivity contribution < 1.29 is 23.7 Å². The number of rotatable bonds is 5. The lowest BCUT2D eigenvalue weighted by molar-refractivity contribution is -0.384. The quantitative estimate of drug-likeness (QED) is 0.417. The van der Waals surface area contributed by atoms with Crippen molar-refractivity contribution in [1.29, 1.82) is 0 Å². The second-order valence-corrected chi connectivity index (χ2v) is 8.74. The van der Waals surface area contributed by atoms with Gasteiger partial charge < -0.3 is 10.6 Å². The molecule has 9 nitrogen and oxygen atoms in total. The molecule has 168 valence electrons. The van der Waals surface area contributed by atoms with E-state index in [4.69, 9.17) is 0 Å². The van der Waals surface area contributed by atoms with Gasteiger partial charge in [0.25, 0.3) is 11.6 Å². The van der Waals surface area contributed by atoms with Gasteiger partial charge in [-0.1, -0.05) is 45.0 Å². The highest BCUT2D eigenvalue weighted by molar-refractivity contribution is 6.10. The molecule has 0 bridgehead atoms. The lowest BCUT2D eigenvalue weighted by Gasteiger charge is -2.24. The number of anilines is 1. The summed E-state index contributed by atoms with van der Waals surface area (Å²) < 4.78 is 13.9. The number of nitrogens with zero attached hydrogens (tertiary/aromatic N) is 2. The van der Waals surface area contributed by atoms with Crippen molar-refractivity contribution in [2.75, 3.05) is 11.9 Å². The van der Waals surface area contributed by atoms with Crippen LogP contribution < -0.4 is 10.6 Å². The number of carbonyl (C=O) groups is 3. The number of hydrogen-bond donors (Lipinski definition) is 2. The first-order chi connectivity index (χ1) is 14.8. The largest absolute Gasteiger partial charge is 0.325 e. The highest BCUT2D eigenvalue weighted by atomic mass is 19.1. The number of benzene rings is 2. The predicted octanol–water partition coefficient (Wildman–Crippen LogP) is 3.44. The van der Waals surface area contributed by atoms with E-state index in [2.05, 4.69) is 31.4 Å². The van der Waals surface area contributed by atoms with E-state index in [1.54, 1.807) is 12.1 Å². The van der Waals surface area contributed by atoms with E-state index < -0.39 is 52.0 Å². The van der Waals surface area contributed by atoms with E-state index in [9.17, 15) is 28.9 Å². The SMILES string of the molecule is CC(C)(C)c1ccc(C2(C)NC(=O)N(CC(=O)Nc3cc([N+](=O)[O-])ccc3F)C2=O)cc1. The molecule has 10 heteroatoms. The van der Waals surface area contributed by atoms with Crippen molar-refractivity contribution in [3.63, 3.8) is 0 Å². The fourth-order valence-electron chi connectivity index (χ4n) is 3.40. The lowest BCUT2D eigenvalue weighted by atomic mass is 9.84. The van der Waals surface area contributed by atoms with Crippen LogP contribution in [0.4, 0.5) is 20.6 Å². The fourth-order valence-corrected chi connectivity index (χ4v) is 3.40. The zero-order valence-corrected chi connectivity index (χ0v) is 18.1. The second kappa shape index (κ2) is 8.03. The molecule has 0 aromatic heterocycles.